The number of carbonyl (C=O) groups excluding carboxylic acids is 1. The van der Waals surface area contributed by atoms with E-state index in [2.05, 4.69) is 57.2 Å². The molecule has 0 aliphatic heterocycles. The van der Waals surface area contributed by atoms with Crippen LogP contribution in [0.4, 0.5) is 0 Å². The lowest BCUT2D eigenvalue weighted by molar-refractivity contribution is -0.147. The van der Waals surface area contributed by atoms with Crippen LogP contribution in [0.5, 0.6) is 0 Å². The molecule has 4 atom stereocenters. The van der Waals surface area contributed by atoms with Crippen molar-refractivity contribution in [3.05, 3.63) is 47.5 Å². The van der Waals surface area contributed by atoms with Gasteiger partial charge in [0, 0.05) is 17.7 Å². The molecule has 1 aliphatic rings. The zero-order valence-corrected chi connectivity index (χ0v) is 19.3. The standard InChI is InChI=1S/C25H37ClO3/c1-17(2)29-23(28)11-9-7-6-8-10-20-21(26)16-22(27)24(20)18-12-14-19(15-13-18)25(3,4)5/h6,8,12-15,17,20-22,24,27H,7,9-11,16H2,1-5H3/b8-6-/t20-,21-,22+,24+/m0/s1. The van der Waals surface area contributed by atoms with E-state index in [0.717, 1.165) is 19.3 Å². The lowest BCUT2D eigenvalue weighted by Gasteiger charge is -2.25. The average molecular weight is 421 g/mol. The molecule has 0 heterocycles. The molecule has 1 fully saturated rings. The highest BCUT2D eigenvalue weighted by atomic mass is 35.5. The lowest BCUT2D eigenvalue weighted by Crippen LogP contribution is -2.19. The molecule has 0 radical (unpaired) electrons. The number of carbonyl (C=O) groups is 1. The Morgan fingerprint density at radius 2 is 1.90 bits per heavy atom. The second-order valence-electron chi connectivity index (χ2n) is 9.52. The summed E-state index contributed by atoms with van der Waals surface area (Å²) < 4.78 is 5.15. The molecule has 162 valence electrons. The van der Waals surface area contributed by atoms with Gasteiger partial charge in [-0.05, 0) is 62.0 Å². The average Bonchev–Trinajstić information content (AvgIpc) is 2.90. The summed E-state index contributed by atoms with van der Waals surface area (Å²) >= 11 is 6.60. The summed E-state index contributed by atoms with van der Waals surface area (Å²) in [5, 5.41) is 10.6. The molecular weight excluding hydrogens is 384 g/mol. The molecule has 0 bridgehead atoms. The van der Waals surface area contributed by atoms with Crippen LogP contribution in [0.3, 0.4) is 0 Å². The van der Waals surface area contributed by atoms with E-state index in [0.29, 0.717) is 12.8 Å². The van der Waals surface area contributed by atoms with Crippen molar-refractivity contribution in [2.75, 3.05) is 0 Å². The molecule has 1 aromatic carbocycles. The van der Waals surface area contributed by atoms with E-state index >= 15 is 0 Å². The van der Waals surface area contributed by atoms with Crippen molar-refractivity contribution in [2.45, 2.75) is 95.6 Å². The van der Waals surface area contributed by atoms with E-state index in [9.17, 15) is 9.90 Å². The minimum atomic E-state index is -0.401. The first-order valence-electron chi connectivity index (χ1n) is 10.9. The van der Waals surface area contributed by atoms with Gasteiger partial charge in [-0.25, -0.2) is 0 Å². The fourth-order valence-corrected chi connectivity index (χ4v) is 4.53. The molecular formula is C25H37ClO3. The number of hydrogen-bond acceptors (Lipinski definition) is 3. The molecule has 1 saturated carbocycles. The van der Waals surface area contributed by atoms with Crippen LogP contribution in [0.15, 0.2) is 36.4 Å². The third-order valence-electron chi connectivity index (χ3n) is 5.66. The van der Waals surface area contributed by atoms with E-state index < -0.39 is 6.10 Å². The van der Waals surface area contributed by atoms with Gasteiger partial charge in [-0.3, -0.25) is 4.79 Å². The quantitative estimate of drug-likeness (QED) is 0.238. The topological polar surface area (TPSA) is 46.5 Å². The van der Waals surface area contributed by atoms with Crippen LogP contribution in [0.25, 0.3) is 0 Å². The number of rotatable bonds is 8. The fraction of sp³-hybridized carbons (Fsp3) is 0.640. The summed E-state index contributed by atoms with van der Waals surface area (Å²) in [6.45, 7) is 10.3. The van der Waals surface area contributed by atoms with Crippen molar-refractivity contribution >= 4 is 17.6 Å². The molecule has 2 rings (SSSR count). The third-order valence-corrected chi connectivity index (χ3v) is 6.16. The molecule has 0 spiro atoms. The highest BCUT2D eigenvalue weighted by Crippen LogP contribution is 2.45. The Hall–Kier alpha value is -1.32. The first-order chi connectivity index (χ1) is 13.6. The Kier molecular flexibility index (Phi) is 8.78. The Balaban J connectivity index is 1.92. The lowest BCUT2D eigenvalue weighted by atomic mass is 9.82. The number of unbranched alkanes of at least 4 members (excludes halogenated alkanes) is 1. The number of benzene rings is 1. The van der Waals surface area contributed by atoms with Gasteiger partial charge in [0.1, 0.15) is 0 Å². The SMILES string of the molecule is CC(C)OC(=O)CCC/C=C\C[C@@H]1[C@@H](c2ccc(C(C)(C)C)cc2)[C@H](O)C[C@@H]1Cl. The maximum Gasteiger partial charge on any atom is 0.306 e. The van der Waals surface area contributed by atoms with Gasteiger partial charge >= 0.3 is 5.97 Å². The van der Waals surface area contributed by atoms with Gasteiger partial charge in [-0.2, -0.15) is 0 Å². The number of hydrogen-bond donors (Lipinski definition) is 1. The highest BCUT2D eigenvalue weighted by molar-refractivity contribution is 6.21. The predicted octanol–water partition coefficient (Wildman–Crippen LogP) is 6.12. The van der Waals surface area contributed by atoms with Crippen molar-refractivity contribution in [3.63, 3.8) is 0 Å². The molecule has 0 aromatic heterocycles. The van der Waals surface area contributed by atoms with Gasteiger partial charge in [0.05, 0.1) is 12.2 Å². The number of aliphatic hydroxyl groups is 1. The monoisotopic (exact) mass is 420 g/mol. The van der Waals surface area contributed by atoms with Gasteiger partial charge in [-0.15, -0.1) is 11.6 Å². The van der Waals surface area contributed by atoms with E-state index in [1.807, 2.05) is 13.8 Å². The van der Waals surface area contributed by atoms with Crippen LogP contribution in [-0.2, 0) is 14.9 Å². The minimum absolute atomic E-state index is 0.0250. The number of alkyl halides is 1. The number of allylic oxidation sites excluding steroid dienone is 2. The highest BCUT2D eigenvalue weighted by Gasteiger charge is 2.41. The Morgan fingerprint density at radius 1 is 1.24 bits per heavy atom. The number of halogens is 1. The zero-order valence-electron chi connectivity index (χ0n) is 18.5. The first-order valence-corrected chi connectivity index (χ1v) is 11.3. The maximum atomic E-state index is 11.6. The summed E-state index contributed by atoms with van der Waals surface area (Å²) in [5.41, 5.74) is 2.58. The van der Waals surface area contributed by atoms with Gasteiger partial charge < -0.3 is 9.84 Å². The summed E-state index contributed by atoms with van der Waals surface area (Å²) in [4.78, 5) is 11.6. The molecule has 0 unspecified atom stereocenters. The largest absolute Gasteiger partial charge is 0.463 e. The summed E-state index contributed by atoms with van der Waals surface area (Å²) in [5.74, 6) is 0.151. The second kappa shape index (κ2) is 10.6. The second-order valence-corrected chi connectivity index (χ2v) is 10.1. The van der Waals surface area contributed by atoms with Crippen LogP contribution in [0, 0.1) is 5.92 Å². The summed E-state index contributed by atoms with van der Waals surface area (Å²) in [7, 11) is 0. The van der Waals surface area contributed by atoms with Crippen molar-refractivity contribution < 1.29 is 14.6 Å². The van der Waals surface area contributed by atoms with Crippen molar-refractivity contribution in [1.29, 1.82) is 0 Å². The van der Waals surface area contributed by atoms with E-state index in [4.69, 9.17) is 16.3 Å². The molecule has 1 N–H and O–H groups in total. The van der Waals surface area contributed by atoms with Crippen molar-refractivity contribution in [3.8, 4) is 0 Å². The van der Waals surface area contributed by atoms with E-state index in [1.54, 1.807) is 0 Å². The minimum Gasteiger partial charge on any atom is -0.463 e. The Bertz CT molecular complexity index is 672. The molecule has 1 aliphatic carbocycles. The Morgan fingerprint density at radius 3 is 2.48 bits per heavy atom. The van der Waals surface area contributed by atoms with Crippen LogP contribution in [0.1, 0.15) is 83.8 Å². The third kappa shape index (κ3) is 7.15. The molecule has 4 heteroatoms. The molecule has 0 amide bonds. The number of aliphatic hydroxyl groups excluding tert-OH is 1. The predicted molar refractivity (Wildman–Crippen MR) is 120 cm³/mol. The normalized spacial score (nSPS) is 25.1. The first kappa shape index (κ1) is 24.0. The summed E-state index contributed by atoms with van der Waals surface area (Å²) in [6, 6.07) is 8.65. The van der Waals surface area contributed by atoms with E-state index in [-0.39, 0.29) is 34.7 Å². The van der Waals surface area contributed by atoms with Gasteiger partial charge in [0.25, 0.3) is 0 Å². The van der Waals surface area contributed by atoms with Gasteiger partial charge in [0.2, 0.25) is 0 Å². The smallest absolute Gasteiger partial charge is 0.306 e. The van der Waals surface area contributed by atoms with Crippen molar-refractivity contribution in [2.24, 2.45) is 5.92 Å². The Labute approximate surface area is 181 Å². The molecule has 0 saturated heterocycles. The van der Waals surface area contributed by atoms with Crippen LogP contribution in [0.2, 0.25) is 0 Å². The molecule has 1 aromatic rings. The number of ether oxygens (including phenoxy) is 1. The molecule has 29 heavy (non-hydrogen) atoms. The van der Waals surface area contributed by atoms with E-state index in [1.165, 1.54) is 11.1 Å². The zero-order chi connectivity index (χ0) is 21.6. The van der Waals surface area contributed by atoms with Gasteiger partial charge in [-0.1, -0.05) is 57.2 Å². The van der Waals surface area contributed by atoms with Crippen molar-refractivity contribution in [1.82, 2.24) is 0 Å². The maximum absolute atomic E-state index is 11.6. The molecule has 3 nitrogen and oxygen atoms in total. The van der Waals surface area contributed by atoms with Gasteiger partial charge in [0.15, 0.2) is 0 Å². The number of esters is 1. The summed E-state index contributed by atoms with van der Waals surface area (Å²) in [6.07, 6.45) is 7.38. The van der Waals surface area contributed by atoms with Crippen LogP contribution >= 0.6 is 11.6 Å². The van der Waals surface area contributed by atoms with Crippen LogP contribution < -0.4 is 0 Å². The van der Waals surface area contributed by atoms with Crippen LogP contribution in [-0.4, -0.2) is 28.7 Å². The fourth-order valence-electron chi connectivity index (χ4n) is 4.09.